The summed E-state index contributed by atoms with van der Waals surface area (Å²) in [6.45, 7) is 4.05. The first kappa shape index (κ1) is 21.3. The first-order chi connectivity index (χ1) is 13.3. The third kappa shape index (κ3) is 4.29. The topological polar surface area (TPSA) is 101 Å². The number of rotatable bonds is 8. The van der Waals surface area contributed by atoms with E-state index in [1.807, 2.05) is 13.8 Å². The summed E-state index contributed by atoms with van der Waals surface area (Å²) >= 11 is 0. The van der Waals surface area contributed by atoms with Crippen LogP contribution in [0, 0.1) is 11.6 Å². The van der Waals surface area contributed by atoms with Gasteiger partial charge in [0.25, 0.3) is 11.5 Å². The van der Waals surface area contributed by atoms with Gasteiger partial charge in [0.05, 0.1) is 0 Å². The average molecular weight is 394 g/mol. The van der Waals surface area contributed by atoms with Gasteiger partial charge in [-0.2, -0.15) is 0 Å². The molecule has 0 unspecified atom stereocenters. The molecule has 0 atom stereocenters. The fraction of sp³-hybridized carbons (Fsp3) is 0.421. The van der Waals surface area contributed by atoms with Gasteiger partial charge in [0.15, 0.2) is 5.69 Å². The summed E-state index contributed by atoms with van der Waals surface area (Å²) in [4.78, 5) is 40.6. The van der Waals surface area contributed by atoms with E-state index in [9.17, 15) is 23.2 Å². The molecule has 28 heavy (non-hydrogen) atoms. The fourth-order valence-electron chi connectivity index (χ4n) is 2.84. The van der Waals surface area contributed by atoms with Crippen molar-refractivity contribution in [3.8, 4) is 0 Å². The van der Waals surface area contributed by atoms with Crippen LogP contribution in [-0.4, -0.2) is 22.0 Å². The monoisotopic (exact) mass is 394 g/mol. The third-order valence-electron chi connectivity index (χ3n) is 4.38. The summed E-state index contributed by atoms with van der Waals surface area (Å²) in [6.07, 6.45) is 2.53. The average Bonchev–Trinajstić information content (AvgIpc) is 2.63. The number of halogens is 2. The molecule has 3 N–H and O–H groups in total. The number of aromatic nitrogens is 2. The zero-order chi connectivity index (χ0) is 20.8. The molecular formula is C19H24F2N4O3. The molecule has 0 bridgehead atoms. The van der Waals surface area contributed by atoms with Crippen molar-refractivity contribution in [2.45, 2.75) is 46.1 Å². The van der Waals surface area contributed by atoms with E-state index in [0.717, 1.165) is 34.1 Å². The number of aromatic amines is 1. The second-order valence-electron chi connectivity index (χ2n) is 6.41. The van der Waals surface area contributed by atoms with Gasteiger partial charge >= 0.3 is 5.69 Å². The van der Waals surface area contributed by atoms with Crippen LogP contribution in [0.15, 0.2) is 27.8 Å². The normalized spacial score (nSPS) is 10.9. The maximum atomic E-state index is 14.2. The lowest BCUT2D eigenvalue weighted by atomic mass is 10.1. The third-order valence-corrected chi connectivity index (χ3v) is 4.38. The molecule has 7 nitrogen and oxygen atoms in total. The molecule has 0 aliphatic rings. The van der Waals surface area contributed by atoms with Crippen LogP contribution >= 0.6 is 0 Å². The van der Waals surface area contributed by atoms with Crippen molar-refractivity contribution in [1.29, 1.82) is 0 Å². The lowest BCUT2D eigenvalue weighted by Gasteiger charge is -2.25. The Kier molecular flexibility index (Phi) is 7.08. The van der Waals surface area contributed by atoms with Gasteiger partial charge in [-0.15, -0.1) is 0 Å². The molecule has 2 rings (SSSR count). The van der Waals surface area contributed by atoms with Gasteiger partial charge in [-0.3, -0.25) is 19.1 Å². The molecule has 0 saturated carbocycles. The molecule has 0 radical (unpaired) electrons. The summed E-state index contributed by atoms with van der Waals surface area (Å²) in [5.41, 5.74) is 3.42. The number of benzene rings is 1. The van der Waals surface area contributed by atoms with E-state index in [1.165, 1.54) is 0 Å². The summed E-state index contributed by atoms with van der Waals surface area (Å²) in [5, 5.41) is 0. The van der Waals surface area contributed by atoms with Crippen molar-refractivity contribution in [1.82, 2.24) is 9.55 Å². The Morgan fingerprint density at radius 2 is 1.75 bits per heavy atom. The van der Waals surface area contributed by atoms with E-state index in [-0.39, 0.29) is 24.6 Å². The Balaban J connectivity index is 2.65. The number of nitrogen functional groups attached to an aromatic ring is 1. The van der Waals surface area contributed by atoms with Crippen molar-refractivity contribution in [3.05, 3.63) is 56.2 Å². The number of nitrogens with one attached hydrogen (secondary N) is 1. The molecule has 0 saturated heterocycles. The van der Waals surface area contributed by atoms with E-state index in [4.69, 9.17) is 5.73 Å². The summed E-state index contributed by atoms with van der Waals surface area (Å²) in [7, 11) is 0. The number of H-pyrrole nitrogens is 1. The van der Waals surface area contributed by atoms with Gasteiger partial charge < -0.3 is 10.6 Å². The minimum atomic E-state index is -1.04. The Labute approximate surface area is 160 Å². The Morgan fingerprint density at radius 1 is 1.14 bits per heavy atom. The van der Waals surface area contributed by atoms with Crippen molar-refractivity contribution in [2.75, 3.05) is 17.2 Å². The standard InChI is InChI=1S/C19H24F2N4O3/c1-3-5-10-24(18(27)14-12(20)8-7-9-13(14)21)15-16(22)25(11-6-4-2)19(28)23-17(15)26/h7-9H,3-6,10-11,22H2,1-2H3,(H,23,26,28). The van der Waals surface area contributed by atoms with Gasteiger partial charge in [0.1, 0.15) is 23.0 Å². The Bertz CT molecular complexity index is 948. The smallest absolute Gasteiger partial charge is 0.330 e. The molecule has 1 heterocycles. The highest BCUT2D eigenvalue weighted by atomic mass is 19.1. The van der Waals surface area contributed by atoms with E-state index in [1.54, 1.807) is 0 Å². The van der Waals surface area contributed by atoms with Crippen molar-refractivity contribution < 1.29 is 13.6 Å². The van der Waals surface area contributed by atoms with Crippen LogP contribution in [0.4, 0.5) is 20.3 Å². The lowest BCUT2D eigenvalue weighted by molar-refractivity contribution is 0.0978. The molecule has 0 spiro atoms. The van der Waals surface area contributed by atoms with Gasteiger partial charge in [-0.1, -0.05) is 32.8 Å². The highest BCUT2D eigenvalue weighted by molar-refractivity contribution is 6.07. The molecule has 0 aliphatic heterocycles. The molecule has 1 aromatic heterocycles. The van der Waals surface area contributed by atoms with Crippen LogP contribution in [0.3, 0.4) is 0 Å². The largest absolute Gasteiger partial charge is 0.383 e. The van der Waals surface area contributed by atoms with E-state index in [0.29, 0.717) is 19.3 Å². The molecule has 1 amide bonds. The maximum absolute atomic E-state index is 14.2. The zero-order valence-electron chi connectivity index (χ0n) is 15.9. The van der Waals surface area contributed by atoms with Crippen molar-refractivity contribution in [3.63, 3.8) is 0 Å². The fourth-order valence-corrected chi connectivity index (χ4v) is 2.84. The highest BCUT2D eigenvalue weighted by Crippen LogP contribution is 2.23. The van der Waals surface area contributed by atoms with E-state index < -0.39 is 34.4 Å². The van der Waals surface area contributed by atoms with Crippen LogP contribution in [-0.2, 0) is 6.54 Å². The second kappa shape index (κ2) is 9.29. The Morgan fingerprint density at radius 3 is 2.32 bits per heavy atom. The molecule has 0 fully saturated rings. The predicted molar refractivity (Wildman–Crippen MR) is 104 cm³/mol. The lowest BCUT2D eigenvalue weighted by Crippen LogP contribution is -2.42. The summed E-state index contributed by atoms with van der Waals surface area (Å²) < 4.78 is 29.5. The molecule has 152 valence electrons. The van der Waals surface area contributed by atoms with Crippen LogP contribution in [0.5, 0.6) is 0 Å². The quantitative estimate of drug-likeness (QED) is 0.719. The number of hydrogen-bond acceptors (Lipinski definition) is 4. The van der Waals surface area contributed by atoms with Crippen molar-refractivity contribution >= 4 is 17.4 Å². The number of anilines is 2. The van der Waals surface area contributed by atoms with Gasteiger partial charge in [-0.25, -0.2) is 13.6 Å². The second-order valence-corrected chi connectivity index (χ2v) is 6.41. The van der Waals surface area contributed by atoms with Gasteiger partial charge in [0.2, 0.25) is 0 Å². The zero-order valence-corrected chi connectivity index (χ0v) is 15.9. The SMILES string of the molecule is CCCCN(C(=O)c1c(F)cccc1F)c1c(N)n(CCCC)c(=O)[nH]c1=O. The first-order valence-corrected chi connectivity index (χ1v) is 9.21. The summed E-state index contributed by atoms with van der Waals surface area (Å²) in [5.74, 6) is -3.31. The van der Waals surface area contributed by atoms with Gasteiger partial charge in [0, 0.05) is 13.1 Å². The first-order valence-electron chi connectivity index (χ1n) is 9.21. The minimum Gasteiger partial charge on any atom is -0.383 e. The number of unbranched alkanes of at least 4 members (excludes halogenated alkanes) is 2. The number of nitrogens with two attached hydrogens (primary N) is 1. The maximum Gasteiger partial charge on any atom is 0.330 e. The summed E-state index contributed by atoms with van der Waals surface area (Å²) in [6, 6.07) is 3.07. The van der Waals surface area contributed by atoms with Gasteiger partial charge in [-0.05, 0) is 25.0 Å². The van der Waals surface area contributed by atoms with E-state index in [2.05, 4.69) is 4.98 Å². The number of carbonyl (C=O) groups excluding carboxylic acids is 1. The van der Waals surface area contributed by atoms with Crippen LogP contribution in [0.1, 0.15) is 49.9 Å². The van der Waals surface area contributed by atoms with Crippen LogP contribution in [0.2, 0.25) is 0 Å². The van der Waals surface area contributed by atoms with E-state index >= 15 is 0 Å². The van der Waals surface area contributed by atoms with Crippen LogP contribution < -0.4 is 21.9 Å². The number of carbonyl (C=O) groups is 1. The molecule has 0 aliphatic carbocycles. The minimum absolute atomic E-state index is 0.0162. The molecule has 2 aromatic rings. The highest BCUT2D eigenvalue weighted by Gasteiger charge is 2.28. The Hall–Kier alpha value is -2.97. The number of amides is 1. The predicted octanol–water partition coefficient (Wildman–Crippen LogP) is 2.64. The number of nitrogens with zero attached hydrogens (tertiary/aromatic N) is 2. The molecular weight excluding hydrogens is 370 g/mol. The molecule has 9 heteroatoms. The number of hydrogen-bond donors (Lipinski definition) is 2. The van der Waals surface area contributed by atoms with Crippen LogP contribution in [0.25, 0.3) is 0 Å². The van der Waals surface area contributed by atoms with Crippen molar-refractivity contribution in [2.24, 2.45) is 0 Å². The molecule has 1 aromatic carbocycles.